The smallest absolute Gasteiger partial charge is 0.305 e. The van der Waals surface area contributed by atoms with Crippen LogP contribution in [0.25, 0.3) is 0 Å². The van der Waals surface area contributed by atoms with Gasteiger partial charge in [0.1, 0.15) is 5.25 Å². The highest BCUT2D eigenvalue weighted by Crippen LogP contribution is 2.23. The van der Waals surface area contributed by atoms with E-state index in [1.165, 1.54) is 24.4 Å². The Morgan fingerprint density at radius 1 is 1.57 bits per heavy atom. The predicted octanol–water partition coefficient (Wildman–Crippen LogP) is 1.75. The van der Waals surface area contributed by atoms with Crippen molar-refractivity contribution in [2.45, 2.75) is 11.7 Å². The van der Waals surface area contributed by atoms with Crippen molar-refractivity contribution < 1.29 is 19.6 Å². The molecule has 1 fully saturated rings. The minimum atomic E-state index is -1.08. The second kappa shape index (κ2) is 7.33. The standard InChI is InChI=1S/C12H9BrN4O5S/c13-8-2-1-7(17(21)22)3-6(8)5-14-16-12-15-11(20)9(23-12)4-10(18)19/h1-3,5,9H,4H2,(H,18,19)(H,15,16,20). The van der Waals surface area contributed by atoms with Gasteiger partial charge in [0, 0.05) is 22.2 Å². The molecule has 0 radical (unpaired) electrons. The van der Waals surface area contributed by atoms with Crippen molar-refractivity contribution in [3.63, 3.8) is 0 Å². The van der Waals surface area contributed by atoms with E-state index in [0.29, 0.717) is 10.0 Å². The molecule has 1 amide bonds. The van der Waals surface area contributed by atoms with Gasteiger partial charge in [-0.05, 0) is 6.07 Å². The number of carboxylic acids is 1. The SMILES string of the molecule is O=C(O)CC1SC(=NN=Cc2cc([N+](=O)[O-])ccc2Br)NC1=O. The number of aliphatic carboxylic acids is 1. The first-order valence-electron chi connectivity index (χ1n) is 6.11. The van der Waals surface area contributed by atoms with Crippen LogP contribution < -0.4 is 5.32 Å². The van der Waals surface area contributed by atoms with Gasteiger partial charge in [-0.15, -0.1) is 5.10 Å². The highest BCUT2D eigenvalue weighted by atomic mass is 79.9. The molecule has 1 atom stereocenters. The zero-order valence-corrected chi connectivity index (χ0v) is 13.7. The molecular weight excluding hydrogens is 392 g/mol. The summed E-state index contributed by atoms with van der Waals surface area (Å²) in [5.41, 5.74) is 0.354. The Balaban J connectivity index is 2.10. The summed E-state index contributed by atoms with van der Waals surface area (Å²) in [6.07, 6.45) is 0.983. The zero-order chi connectivity index (χ0) is 17.0. The van der Waals surface area contributed by atoms with Gasteiger partial charge in [-0.3, -0.25) is 19.7 Å². The number of nitrogens with zero attached hydrogens (tertiary/aromatic N) is 3. The largest absolute Gasteiger partial charge is 0.481 e. The first kappa shape index (κ1) is 17.1. The lowest BCUT2D eigenvalue weighted by Crippen LogP contribution is -2.26. The fourth-order valence-corrected chi connectivity index (χ4v) is 2.90. The van der Waals surface area contributed by atoms with Gasteiger partial charge in [-0.2, -0.15) is 5.10 Å². The number of thioether (sulfide) groups is 1. The molecule has 9 nitrogen and oxygen atoms in total. The number of nitro groups is 1. The Bertz CT molecular complexity index is 736. The van der Waals surface area contributed by atoms with Gasteiger partial charge in [-0.1, -0.05) is 27.7 Å². The molecule has 0 saturated carbocycles. The molecule has 0 aliphatic carbocycles. The van der Waals surface area contributed by atoms with E-state index < -0.39 is 22.0 Å². The lowest BCUT2D eigenvalue weighted by molar-refractivity contribution is -0.384. The van der Waals surface area contributed by atoms with Gasteiger partial charge in [0.2, 0.25) is 5.91 Å². The van der Waals surface area contributed by atoms with E-state index in [4.69, 9.17) is 5.11 Å². The predicted molar refractivity (Wildman–Crippen MR) is 87.6 cm³/mol. The minimum Gasteiger partial charge on any atom is -0.481 e. The van der Waals surface area contributed by atoms with E-state index >= 15 is 0 Å². The number of rotatable bonds is 5. The molecule has 1 aromatic rings. The molecule has 1 aliphatic rings. The Morgan fingerprint density at radius 3 is 2.96 bits per heavy atom. The van der Waals surface area contributed by atoms with Crippen LogP contribution in [0.3, 0.4) is 0 Å². The molecular formula is C12H9BrN4O5S. The van der Waals surface area contributed by atoms with E-state index in [2.05, 4.69) is 31.4 Å². The second-order valence-corrected chi connectivity index (χ2v) is 6.35. The fourth-order valence-electron chi connectivity index (χ4n) is 1.63. The van der Waals surface area contributed by atoms with Gasteiger partial charge < -0.3 is 10.4 Å². The average Bonchev–Trinajstić information content (AvgIpc) is 2.80. The van der Waals surface area contributed by atoms with Crippen molar-refractivity contribution in [1.82, 2.24) is 5.32 Å². The van der Waals surface area contributed by atoms with Crippen LogP contribution in [0.15, 0.2) is 32.9 Å². The van der Waals surface area contributed by atoms with Crippen LogP contribution in [0.4, 0.5) is 5.69 Å². The van der Waals surface area contributed by atoms with Crippen molar-refractivity contribution in [3.8, 4) is 0 Å². The lowest BCUT2D eigenvalue weighted by atomic mass is 10.2. The van der Waals surface area contributed by atoms with Crippen LogP contribution in [0.2, 0.25) is 0 Å². The van der Waals surface area contributed by atoms with Crippen LogP contribution >= 0.6 is 27.7 Å². The molecule has 11 heteroatoms. The number of amides is 1. The van der Waals surface area contributed by atoms with Crippen LogP contribution in [0.1, 0.15) is 12.0 Å². The Hall–Kier alpha value is -2.27. The van der Waals surface area contributed by atoms with Crippen molar-refractivity contribution in [3.05, 3.63) is 38.3 Å². The summed E-state index contributed by atoms with van der Waals surface area (Å²) in [5.74, 6) is -1.52. The van der Waals surface area contributed by atoms with Gasteiger partial charge >= 0.3 is 5.97 Å². The lowest BCUT2D eigenvalue weighted by Gasteiger charge is -1.98. The van der Waals surface area contributed by atoms with E-state index in [0.717, 1.165) is 11.8 Å². The highest BCUT2D eigenvalue weighted by molar-refractivity contribution is 9.10. The topological polar surface area (TPSA) is 134 Å². The van der Waals surface area contributed by atoms with Gasteiger partial charge in [0.25, 0.3) is 5.69 Å². The Morgan fingerprint density at radius 2 is 2.30 bits per heavy atom. The first-order valence-corrected chi connectivity index (χ1v) is 7.78. The Labute approximate surface area is 142 Å². The van der Waals surface area contributed by atoms with E-state index in [-0.39, 0.29) is 17.3 Å². The Kier molecular flexibility index (Phi) is 5.45. The number of nitro benzene ring substituents is 1. The van der Waals surface area contributed by atoms with Crippen molar-refractivity contribution in [1.29, 1.82) is 0 Å². The zero-order valence-electron chi connectivity index (χ0n) is 11.3. The third-order valence-electron chi connectivity index (χ3n) is 2.67. The van der Waals surface area contributed by atoms with E-state index in [1.807, 2.05) is 0 Å². The summed E-state index contributed by atoms with van der Waals surface area (Å²) in [6, 6.07) is 4.18. The highest BCUT2D eigenvalue weighted by Gasteiger charge is 2.32. The quantitative estimate of drug-likeness (QED) is 0.439. The molecule has 0 spiro atoms. The molecule has 2 N–H and O–H groups in total. The molecule has 1 aliphatic heterocycles. The summed E-state index contributed by atoms with van der Waals surface area (Å²) < 4.78 is 0.596. The monoisotopic (exact) mass is 400 g/mol. The van der Waals surface area contributed by atoms with E-state index in [9.17, 15) is 19.7 Å². The summed E-state index contributed by atoms with van der Waals surface area (Å²) >= 11 is 4.21. The van der Waals surface area contributed by atoms with Gasteiger partial charge in [-0.25, -0.2) is 0 Å². The van der Waals surface area contributed by atoms with Crippen molar-refractivity contribution in [2.24, 2.45) is 10.2 Å². The summed E-state index contributed by atoms with van der Waals surface area (Å²) in [5, 5.41) is 28.8. The van der Waals surface area contributed by atoms with Crippen LogP contribution in [0, 0.1) is 10.1 Å². The third-order valence-corrected chi connectivity index (χ3v) is 4.47. The maximum Gasteiger partial charge on any atom is 0.305 e. The van der Waals surface area contributed by atoms with Crippen molar-refractivity contribution in [2.75, 3.05) is 0 Å². The molecule has 0 aromatic heterocycles. The molecule has 1 unspecified atom stereocenters. The van der Waals surface area contributed by atoms with E-state index in [1.54, 1.807) is 0 Å². The molecule has 1 aromatic carbocycles. The maximum absolute atomic E-state index is 11.5. The molecule has 1 heterocycles. The summed E-state index contributed by atoms with van der Waals surface area (Å²) in [6.45, 7) is 0. The number of carbonyl (C=O) groups is 2. The normalized spacial score (nSPS) is 19.3. The molecule has 23 heavy (non-hydrogen) atoms. The minimum absolute atomic E-state index is 0.0904. The number of hydrogen-bond acceptors (Lipinski definition) is 7. The number of carbonyl (C=O) groups excluding carboxylic acids is 1. The third kappa shape index (κ3) is 4.60. The number of halogens is 1. The van der Waals surface area contributed by atoms with Gasteiger partial charge in [0.15, 0.2) is 5.17 Å². The van der Waals surface area contributed by atoms with Gasteiger partial charge in [0.05, 0.1) is 17.6 Å². The maximum atomic E-state index is 11.5. The molecule has 2 rings (SSSR count). The molecule has 1 saturated heterocycles. The molecule has 120 valence electrons. The molecule has 0 bridgehead atoms. The van der Waals surface area contributed by atoms with Crippen LogP contribution in [-0.4, -0.2) is 38.5 Å². The number of nitrogens with one attached hydrogen (secondary N) is 1. The number of benzene rings is 1. The number of non-ortho nitro benzene ring substituents is 1. The average molecular weight is 401 g/mol. The van der Waals surface area contributed by atoms with Crippen LogP contribution in [0.5, 0.6) is 0 Å². The first-order chi connectivity index (χ1) is 10.9. The summed E-state index contributed by atoms with van der Waals surface area (Å²) in [7, 11) is 0. The number of amidine groups is 1. The summed E-state index contributed by atoms with van der Waals surface area (Å²) in [4.78, 5) is 32.3. The fraction of sp³-hybridized carbons (Fsp3) is 0.167. The number of hydrogen-bond donors (Lipinski definition) is 2. The second-order valence-electron chi connectivity index (χ2n) is 4.31. The van der Waals surface area contributed by atoms with Crippen LogP contribution in [-0.2, 0) is 9.59 Å². The van der Waals surface area contributed by atoms with Crippen molar-refractivity contribution >= 4 is 56.6 Å². The number of carboxylic acid groups (broad SMARTS) is 1.